The van der Waals surface area contributed by atoms with Crippen LogP contribution in [-0.2, 0) is 19.3 Å². The minimum Gasteiger partial charge on any atom is -0.258 e. The Bertz CT molecular complexity index is 1030. The molecule has 164 valence electrons. The summed E-state index contributed by atoms with van der Waals surface area (Å²) in [5.41, 5.74) is 5.67. The first-order valence-electron chi connectivity index (χ1n) is 11.9. The van der Waals surface area contributed by atoms with E-state index in [4.69, 9.17) is 4.98 Å². The van der Waals surface area contributed by atoms with Crippen LogP contribution in [0.4, 0.5) is 8.78 Å². The average molecular weight is 423 g/mol. The first-order valence-corrected chi connectivity index (χ1v) is 11.9. The third kappa shape index (κ3) is 5.47. The molecule has 0 bridgehead atoms. The van der Waals surface area contributed by atoms with Crippen molar-refractivity contribution in [2.75, 3.05) is 0 Å². The lowest BCUT2D eigenvalue weighted by Crippen LogP contribution is -2.07. The molecule has 4 heteroatoms. The van der Waals surface area contributed by atoms with Crippen LogP contribution in [0.25, 0.3) is 10.9 Å². The number of aryl methyl sites for hydroxylation is 3. The molecule has 2 aromatic heterocycles. The van der Waals surface area contributed by atoms with Gasteiger partial charge in [-0.1, -0.05) is 32.3 Å². The first-order chi connectivity index (χ1) is 15.1. The van der Waals surface area contributed by atoms with Gasteiger partial charge in [-0.05, 0) is 86.6 Å². The van der Waals surface area contributed by atoms with Gasteiger partial charge in [-0.2, -0.15) is 0 Å². The summed E-state index contributed by atoms with van der Waals surface area (Å²) < 4.78 is 27.0. The van der Waals surface area contributed by atoms with Crippen LogP contribution in [0.1, 0.15) is 86.7 Å². The lowest BCUT2D eigenvalue weighted by molar-refractivity contribution is 0.510. The number of benzene rings is 1. The molecule has 1 atom stereocenters. The maximum absolute atomic E-state index is 13.6. The monoisotopic (exact) mass is 422 g/mol. The number of unbranched alkanes of at least 4 members (excludes halogenated alkanes) is 3. The molecule has 31 heavy (non-hydrogen) atoms. The minimum absolute atomic E-state index is 0.410. The molecule has 2 heterocycles. The molecule has 0 radical (unpaired) electrons. The van der Waals surface area contributed by atoms with Crippen molar-refractivity contribution in [1.29, 1.82) is 0 Å². The van der Waals surface area contributed by atoms with Crippen LogP contribution in [-0.4, -0.2) is 9.97 Å². The number of fused-ring (bicyclic) bond motifs is 2. The van der Waals surface area contributed by atoms with Gasteiger partial charge in [0, 0.05) is 29.0 Å². The second-order valence-electron chi connectivity index (χ2n) is 8.90. The Kier molecular flexibility index (Phi) is 7.26. The topological polar surface area (TPSA) is 25.8 Å². The van der Waals surface area contributed by atoms with E-state index in [1.54, 1.807) is 0 Å². The lowest BCUT2D eigenvalue weighted by Gasteiger charge is -2.16. The van der Waals surface area contributed by atoms with Crippen LogP contribution in [0.3, 0.4) is 0 Å². The van der Waals surface area contributed by atoms with E-state index >= 15 is 0 Å². The van der Waals surface area contributed by atoms with E-state index in [0.29, 0.717) is 16.8 Å². The molecule has 1 aliphatic carbocycles. The molecule has 2 nitrogen and oxygen atoms in total. The zero-order chi connectivity index (χ0) is 21.6. The molecule has 3 aromatic rings. The minimum atomic E-state index is -0.842. The van der Waals surface area contributed by atoms with E-state index in [1.165, 1.54) is 74.0 Å². The highest BCUT2D eigenvalue weighted by Gasteiger charge is 2.13. The highest BCUT2D eigenvalue weighted by molar-refractivity contribution is 5.79. The van der Waals surface area contributed by atoms with Gasteiger partial charge in [-0.15, -0.1) is 0 Å². The van der Waals surface area contributed by atoms with Crippen molar-refractivity contribution in [3.63, 3.8) is 0 Å². The largest absolute Gasteiger partial charge is 0.258 e. The smallest absolute Gasteiger partial charge is 0.161 e. The van der Waals surface area contributed by atoms with Gasteiger partial charge in [0.15, 0.2) is 11.6 Å². The Hall–Kier alpha value is -2.36. The molecule has 1 aliphatic rings. The Morgan fingerprint density at radius 1 is 0.935 bits per heavy atom. The average Bonchev–Trinajstić information content (AvgIpc) is 2.79. The lowest BCUT2D eigenvalue weighted by atomic mass is 9.91. The van der Waals surface area contributed by atoms with E-state index in [2.05, 4.69) is 24.0 Å². The quantitative estimate of drug-likeness (QED) is 0.334. The fraction of sp³-hybridized carbons (Fsp3) is 0.481. The van der Waals surface area contributed by atoms with Crippen LogP contribution >= 0.6 is 0 Å². The molecule has 0 saturated heterocycles. The zero-order valence-electron chi connectivity index (χ0n) is 18.5. The van der Waals surface area contributed by atoms with Crippen LogP contribution in [0.15, 0.2) is 36.5 Å². The highest BCUT2D eigenvalue weighted by Crippen LogP contribution is 2.28. The molecule has 1 aromatic carbocycles. The molecule has 0 unspecified atom stereocenters. The van der Waals surface area contributed by atoms with Gasteiger partial charge >= 0.3 is 0 Å². The zero-order valence-corrected chi connectivity index (χ0v) is 18.5. The van der Waals surface area contributed by atoms with E-state index < -0.39 is 11.6 Å². The summed E-state index contributed by atoms with van der Waals surface area (Å²) in [6.45, 7) is 2.18. The summed E-state index contributed by atoms with van der Waals surface area (Å²) in [6.07, 6.45) is 14.7. The summed E-state index contributed by atoms with van der Waals surface area (Å²) >= 11 is 0. The third-order valence-electron chi connectivity index (χ3n) is 6.68. The Balaban J connectivity index is 1.24. The summed E-state index contributed by atoms with van der Waals surface area (Å²) in [4.78, 5) is 9.25. The van der Waals surface area contributed by atoms with Gasteiger partial charge in [-0.25, -0.2) is 8.78 Å². The van der Waals surface area contributed by atoms with Crippen LogP contribution in [0, 0.1) is 11.6 Å². The van der Waals surface area contributed by atoms with Gasteiger partial charge in [0.1, 0.15) is 0 Å². The summed E-state index contributed by atoms with van der Waals surface area (Å²) in [7, 11) is 0. The maximum atomic E-state index is 13.6. The van der Waals surface area contributed by atoms with Gasteiger partial charge in [-0.3, -0.25) is 9.97 Å². The van der Waals surface area contributed by atoms with Gasteiger partial charge in [0.05, 0.1) is 5.52 Å². The van der Waals surface area contributed by atoms with Crippen molar-refractivity contribution in [3.05, 3.63) is 70.7 Å². The third-order valence-corrected chi connectivity index (χ3v) is 6.68. The Morgan fingerprint density at radius 2 is 1.74 bits per heavy atom. The van der Waals surface area contributed by atoms with Crippen LogP contribution < -0.4 is 0 Å². The SMILES string of the molecule is CC[C@H](CCCCCCc1ccc2c(n1)CCCC2)c1cnc2cc(F)c(F)cc2c1. The number of aromatic nitrogens is 2. The van der Waals surface area contributed by atoms with Crippen molar-refractivity contribution in [3.8, 4) is 0 Å². The Labute approximate surface area is 184 Å². The van der Waals surface area contributed by atoms with E-state index in [-0.39, 0.29) is 0 Å². The molecular formula is C27H32F2N2. The number of rotatable bonds is 9. The van der Waals surface area contributed by atoms with Crippen LogP contribution in [0.5, 0.6) is 0 Å². The highest BCUT2D eigenvalue weighted by atomic mass is 19.2. The standard InChI is InChI=1S/C27H32F2N2/c1-2-19(22-15-21-16-24(28)25(29)17-27(21)30-18-22)9-5-3-4-6-11-23-14-13-20-10-7-8-12-26(20)31-23/h13-19H,2-12H2,1H3/t19-/m1/s1. The number of hydrogen-bond acceptors (Lipinski definition) is 2. The van der Waals surface area contributed by atoms with Crippen molar-refractivity contribution in [2.45, 2.75) is 83.5 Å². The normalized spacial score (nSPS) is 14.5. The van der Waals surface area contributed by atoms with Crippen molar-refractivity contribution in [2.24, 2.45) is 0 Å². The van der Waals surface area contributed by atoms with E-state index in [1.807, 2.05) is 12.3 Å². The molecule has 4 rings (SSSR count). The van der Waals surface area contributed by atoms with E-state index in [0.717, 1.165) is 31.2 Å². The van der Waals surface area contributed by atoms with Crippen LogP contribution in [0.2, 0.25) is 0 Å². The number of pyridine rings is 2. The fourth-order valence-corrected chi connectivity index (χ4v) is 4.79. The summed E-state index contributed by atoms with van der Waals surface area (Å²) in [5, 5.41) is 0.674. The number of halogens is 2. The molecular weight excluding hydrogens is 390 g/mol. The fourth-order valence-electron chi connectivity index (χ4n) is 4.79. The van der Waals surface area contributed by atoms with Crippen molar-refractivity contribution < 1.29 is 8.78 Å². The molecule has 0 N–H and O–H groups in total. The maximum Gasteiger partial charge on any atom is 0.161 e. The second kappa shape index (κ2) is 10.3. The number of hydrogen-bond donors (Lipinski definition) is 0. The summed E-state index contributed by atoms with van der Waals surface area (Å²) in [5.74, 6) is -1.24. The van der Waals surface area contributed by atoms with E-state index in [9.17, 15) is 8.78 Å². The Morgan fingerprint density at radius 3 is 2.61 bits per heavy atom. The second-order valence-corrected chi connectivity index (χ2v) is 8.90. The molecule has 0 spiro atoms. The molecule has 0 amide bonds. The van der Waals surface area contributed by atoms with Crippen molar-refractivity contribution >= 4 is 10.9 Å². The predicted octanol–water partition coefficient (Wildman–Crippen LogP) is 7.47. The van der Waals surface area contributed by atoms with Crippen molar-refractivity contribution in [1.82, 2.24) is 9.97 Å². The number of nitrogens with zero attached hydrogens (tertiary/aromatic N) is 2. The van der Waals surface area contributed by atoms with Gasteiger partial charge < -0.3 is 0 Å². The first kappa shape index (κ1) is 21.9. The summed E-state index contributed by atoms with van der Waals surface area (Å²) in [6, 6.07) is 8.91. The molecule has 0 saturated carbocycles. The van der Waals surface area contributed by atoms with Gasteiger partial charge in [0.2, 0.25) is 0 Å². The predicted molar refractivity (Wildman–Crippen MR) is 122 cm³/mol. The molecule has 0 aliphatic heterocycles. The molecule has 0 fully saturated rings. The van der Waals surface area contributed by atoms with Gasteiger partial charge in [0.25, 0.3) is 0 Å².